The van der Waals surface area contributed by atoms with Gasteiger partial charge in [-0.05, 0) is 46.7 Å². The van der Waals surface area contributed by atoms with E-state index in [4.69, 9.17) is 0 Å². The molecule has 3 rings (SSSR count). The van der Waals surface area contributed by atoms with Crippen molar-refractivity contribution in [3.8, 4) is 16.9 Å². The van der Waals surface area contributed by atoms with Gasteiger partial charge in [0.1, 0.15) is 11.6 Å². The fraction of sp³-hybridized carbons (Fsp3) is 0.280. The molecule has 0 fully saturated rings. The van der Waals surface area contributed by atoms with Gasteiger partial charge < -0.3 is 10.2 Å². The summed E-state index contributed by atoms with van der Waals surface area (Å²) in [5, 5.41) is 20.8. The summed E-state index contributed by atoms with van der Waals surface area (Å²) < 4.78 is 55.6. The smallest absolute Gasteiger partial charge is 0.417 e. The molecule has 0 spiro atoms. The Morgan fingerprint density at radius 3 is 1.97 bits per heavy atom. The number of phenolic OH excluding ortho intramolecular Hbond substituents is 1. The molecular formula is C25H24F4O2. The SMILES string of the molecule is CC(C)(CC(O)(Cc1ccc(-c2ccccc2)cc1)C(F)(F)F)c1cc(F)ccc1O. The van der Waals surface area contributed by atoms with E-state index in [9.17, 15) is 27.8 Å². The van der Waals surface area contributed by atoms with Crippen molar-refractivity contribution in [1.29, 1.82) is 0 Å². The van der Waals surface area contributed by atoms with Gasteiger partial charge in [0.15, 0.2) is 5.60 Å². The van der Waals surface area contributed by atoms with Gasteiger partial charge in [-0.1, -0.05) is 68.4 Å². The van der Waals surface area contributed by atoms with E-state index in [0.29, 0.717) is 5.56 Å². The number of hydrogen-bond donors (Lipinski definition) is 2. The first-order valence-corrected chi connectivity index (χ1v) is 9.84. The highest BCUT2D eigenvalue weighted by molar-refractivity contribution is 5.63. The minimum atomic E-state index is -4.93. The molecule has 31 heavy (non-hydrogen) atoms. The number of alkyl halides is 3. The van der Waals surface area contributed by atoms with Crippen LogP contribution in [0.25, 0.3) is 11.1 Å². The van der Waals surface area contributed by atoms with Crippen LogP contribution in [0.15, 0.2) is 72.8 Å². The van der Waals surface area contributed by atoms with Crippen molar-refractivity contribution < 1.29 is 27.8 Å². The van der Waals surface area contributed by atoms with E-state index >= 15 is 0 Å². The van der Waals surface area contributed by atoms with Gasteiger partial charge in [-0.3, -0.25) is 0 Å². The van der Waals surface area contributed by atoms with Crippen LogP contribution in [-0.2, 0) is 11.8 Å². The lowest BCUT2D eigenvalue weighted by atomic mass is 9.72. The highest BCUT2D eigenvalue weighted by atomic mass is 19.4. The van der Waals surface area contributed by atoms with Gasteiger partial charge in [0.25, 0.3) is 0 Å². The first-order valence-electron chi connectivity index (χ1n) is 9.84. The van der Waals surface area contributed by atoms with E-state index < -0.39 is 35.9 Å². The summed E-state index contributed by atoms with van der Waals surface area (Å²) in [7, 11) is 0. The fourth-order valence-corrected chi connectivity index (χ4v) is 3.92. The Balaban J connectivity index is 1.90. The lowest BCUT2D eigenvalue weighted by molar-refractivity contribution is -0.266. The number of phenols is 1. The third kappa shape index (κ3) is 5.07. The Hall–Kier alpha value is -2.86. The predicted octanol–water partition coefficient (Wildman–Crippen LogP) is 6.40. The number of aromatic hydroxyl groups is 1. The lowest BCUT2D eigenvalue weighted by Crippen LogP contribution is -2.50. The molecule has 0 bridgehead atoms. The summed E-state index contributed by atoms with van der Waals surface area (Å²) in [5.74, 6) is -0.990. The van der Waals surface area contributed by atoms with E-state index in [1.807, 2.05) is 30.3 Å². The normalized spacial score (nSPS) is 14.3. The molecule has 2 nitrogen and oxygen atoms in total. The Kier molecular flexibility index (Phi) is 6.14. The molecule has 0 aliphatic heterocycles. The first-order chi connectivity index (χ1) is 14.4. The maximum Gasteiger partial charge on any atom is 0.417 e. The highest BCUT2D eigenvalue weighted by Crippen LogP contribution is 2.45. The number of rotatable bonds is 6. The Bertz CT molecular complexity index is 1030. The molecule has 0 saturated heterocycles. The number of hydrogen-bond acceptors (Lipinski definition) is 2. The summed E-state index contributed by atoms with van der Waals surface area (Å²) in [5.41, 5.74) is -2.30. The zero-order valence-corrected chi connectivity index (χ0v) is 17.2. The minimum absolute atomic E-state index is 0.00889. The van der Waals surface area contributed by atoms with Crippen LogP contribution < -0.4 is 0 Å². The molecule has 6 heteroatoms. The van der Waals surface area contributed by atoms with Crippen LogP contribution in [0.4, 0.5) is 17.6 Å². The monoisotopic (exact) mass is 432 g/mol. The van der Waals surface area contributed by atoms with Crippen LogP contribution >= 0.6 is 0 Å². The second-order valence-electron chi connectivity index (χ2n) is 8.49. The average Bonchev–Trinajstić information content (AvgIpc) is 2.69. The molecule has 1 unspecified atom stereocenters. The Morgan fingerprint density at radius 2 is 1.39 bits per heavy atom. The van der Waals surface area contributed by atoms with E-state index in [-0.39, 0.29) is 11.3 Å². The molecule has 0 aromatic heterocycles. The number of aliphatic hydroxyl groups is 1. The molecule has 0 saturated carbocycles. The van der Waals surface area contributed by atoms with Gasteiger partial charge in [-0.25, -0.2) is 4.39 Å². The van der Waals surface area contributed by atoms with Gasteiger partial charge in [-0.15, -0.1) is 0 Å². The van der Waals surface area contributed by atoms with E-state index in [2.05, 4.69) is 0 Å². The molecule has 0 aliphatic carbocycles. The largest absolute Gasteiger partial charge is 0.508 e. The zero-order chi connectivity index (χ0) is 22.9. The molecule has 3 aromatic rings. The molecule has 164 valence electrons. The van der Waals surface area contributed by atoms with Gasteiger partial charge >= 0.3 is 6.18 Å². The summed E-state index contributed by atoms with van der Waals surface area (Å²) in [6.07, 6.45) is -6.34. The van der Waals surface area contributed by atoms with Crippen LogP contribution in [0.2, 0.25) is 0 Å². The molecule has 2 N–H and O–H groups in total. The maximum atomic E-state index is 14.0. The fourth-order valence-electron chi connectivity index (χ4n) is 3.92. The van der Waals surface area contributed by atoms with Crippen molar-refractivity contribution in [2.24, 2.45) is 0 Å². The van der Waals surface area contributed by atoms with Gasteiger partial charge in [0.2, 0.25) is 0 Å². The molecule has 1 atom stereocenters. The maximum absolute atomic E-state index is 14.0. The lowest BCUT2D eigenvalue weighted by Gasteiger charge is -2.38. The van der Waals surface area contributed by atoms with Crippen LogP contribution in [0, 0.1) is 5.82 Å². The molecule has 0 aliphatic rings. The number of halogens is 4. The number of benzene rings is 3. The van der Waals surface area contributed by atoms with E-state index in [0.717, 1.165) is 29.3 Å². The minimum Gasteiger partial charge on any atom is -0.508 e. The summed E-state index contributed by atoms with van der Waals surface area (Å²) in [6, 6.07) is 19.1. The van der Waals surface area contributed by atoms with Gasteiger partial charge in [0, 0.05) is 12.0 Å². The van der Waals surface area contributed by atoms with Crippen LogP contribution in [-0.4, -0.2) is 22.0 Å². The predicted molar refractivity (Wildman–Crippen MR) is 112 cm³/mol. The Labute approximate surface area is 178 Å². The van der Waals surface area contributed by atoms with Crippen molar-refractivity contribution >= 4 is 0 Å². The third-order valence-electron chi connectivity index (χ3n) is 5.51. The third-order valence-corrected chi connectivity index (χ3v) is 5.51. The molecule has 0 radical (unpaired) electrons. The van der Waals surface area contributed by atoms with Crippen LogP contribution in [0.1, 0.15) is 31.4 Å². The summed E-state index contributed by atoms with van der Waals surface area (Å²) in [4.78, 5) is 0. The second-order valence-corrected chi connectivity index (χ2v) is 8.49. The quantitative estimate of drug-likeness (QED) is 0.443. The topological polar surface area (TPSA) is 40.5 Å². The zero-order valence-electron chi connectivity index (χ0n) is 17.2. The van der Waals surface area contributed by atoms with Crippen molar-refractivity contribution in [3.05, 3.63) is 89.7 Å². The first kappa shape index (κ1) is 22.8. The standard InChI is InChI=1S/C25H24F4O2/c1-23(2,21-14-20(26)12-13-22(21)30)16-24(31,25(27,28)29)15-17-8-10-19(11-9-17)18-6-4-3-5-7-18/h3-14,30-31H,15-16H2,1-2H3. The van der Waals surface area contributed by atoms with Crippen molar-refractivity contribution in [1.82, 2.24) is 0 Å². The van der Waals surface area contributed by atoms with E-state index in [1.54, 1.807) is 24.3 Å². The van der Waals surface area contributed by atoms with Crippen LogP contribution in [0.5, 0.6) is 5.75 Å². The van der Waals surface area contributed by atoms with Crippen molar-refractivity contribution in [3.63, 3.8) is 0 Å². The van der Waals surface area contributed by atoms with Gasteiger partial charge in [0.05, 0.1) is 0 Å². The highest BCUT2D eigenvalue weighted by Gasteiger charge is 2.56. The van der Waals surface area contributed by atoms with E-state index in [1.165, 1.54) is 13.8 Å². The van der Waals surface area contributed by atoms with Crippen molar-refractivity contribution in [2.45, 2.75) is 43.9 Å². The molecule has 0 heterocycles. The average molecular weight is 432 g/mol. The molecule has 3 aromatic carbocycles. The van der Waals surface area contributed by atoms with Crippen LogP contribution in [0.3, 0.4) is 0 Å². The molecular weight excluding hydrogens is 408 g/mol. The van der Waals surface area contributed by atoms with Gasteiger partial charge in [-0.2, -0.15) is 13.2 Å². The van der Waals surface area contributed by atoms with Crippen molar-refractivity contribution in [2.75, 3.05) is 0 Å². The second kappa shape index (κ2) is 8.35. The Morgan fingerprint density at radius 1 is 0.806 bits per heavy atom. The summed E-state index contributed by atoms with van der Waals surface area (Å²) in [6.45, 7) is 2.88. The molecule has 0 amide bonds. The summed E-state index contributed by atoms with van der Waals surface area (Å²) >= 11 is 0.